The van der Waals surface area contributed by atoms with Crippen molar-refractivity contribution >= 4 is 61.8 Å². The zero-order valence-electron chi connectivity index (χ0n) is 24.0. The maximum Gasteiger partial charge on any atom is 0.268 e. The van der Waals surface area contributed by atoms with Crippen LogP contribution < -0.4 is 5.32 Å². The van der Waals surface area contributed by atoms with Gasteiger partial charge in [0, 0.05) is 35.6 Å². The van der Waals surface area contributed by atoms with E-state index in [1.54, 1.807) is 15.9 Å². The summed E-state index contributed by atoms with van der Waals surface area (Å²) in [5.41, 5.74) is 0.643. The smallest absolute Gasteiger partial charge is 0.268 e. The third kappa shape index (κ3) is 5.30. The molecule has 3 saturated heterocycles. The number of hydrogen-bond donors (Lipinski definition) is 2. The van der Waals surface area contributed by atoms with Crippen molar-refractivity contribution in [2.45, 2.75) is 62.7 Å². The number of sulfonamides is 1. The second-order valence-electron chi connectivity index (χ2n) is 12.6. The average Bonchev–Trinajstić information content (AvgIpc) is 3.63. The number of halogens is 2. The summed E-state index contributed by atoms with van der Waals surface area (Å²) in [4.78, 5) is 47.2. The van der Waals surface area contributed by atoms with Gasteiger partial charge in [-0.2, -0.15) is 4.31 Å². The van der Waals surface area contributed by atoms with Crippen LogP contribution in [0.25, 0.3) is 10.9 Å². The van der Waals surface area contributed by atoms with Crippen LogP contribution in [-0.2, 0) is 19.6 Å². The number of aromatic amines is 1. The molecule has 13 heteroatoms. The molecule has 3 amide bonds. The Kier molecular flexibility index (Phi) is 7.52. The summed E-state index contributed by atoms with van der Waals surface area (Å²) in [6, 6.07) is 11.5. The molecule has 0 radical (unpaired) electrons. The van der Waals surface area contributed by atoms with Gasteiger partial charge in [0.2, 0.25) is 21.8 Å². The van der Waals surface area contributed by atoms with Crippen LogP contribution >= 0.6 is 23.2 Å². The van der Waals surface area contributed by atoms with Gasteiger partial charge in [-0.1, -0.05) is 62.2 Å². The van der Waals surface area contributed by atoms with E-state index in [-0.39, 0.29) is 46.3 Å². The van der Waals surface area contributed by atoms with Gasteiger partial charge in [0.05, 0.1) is 17.1 Å². The van der Waals surface area contributed by atoms with Crippen LogP contribution in [0, 0.1) is 5.41 Å². The Morgan fingerprint density at radius 2 is 1.70 bits per heavy atom. The number of piperazine rings is 1. The monoisotopic (exact) mass is 645 g/mol. The number of rotatable bonds is 6. The summed E-state index contributed by atoms with van der Waals surface area (Å²) in [6.45, 7) is 6.58. The van der Waals surface area contributed by atoms with E-state index in [2.05, 4.69) is 10.3 Å². The van der Waals surface area contributed by atoms with Crippen LogP contribution in [0.1, 0.15) is 44.1 Å². The van der Waals surface area contributed by atoms with Crippen molar-refractivity contribution in [1.29, 1.82) is 0 Å². The minimum absolute atomic E-state index is 0.00465. The molecule has 3 aliphatic heterocycles. The zero-order chi connectivity index (χ0) is 30.8. The van der Waals surface area contributed by atoms with Crippen LogP contribution in [0.15, 0.2) is 53.4 Å². The van der Waals surface area contributed by atoms with Crippen molar-refractivity contribution in [2.75, 3.05) is 19.6 Å². The van der Waals surface area contributed by atoms with E-state index in [4.69, 9.17) is 23.2 Å². The van der Waals surface area contributed by atoms with Gasteiger partial charge in [0.1, 0.15) is 22.7 Å². The molecule has 1 aromatic heterocycles. The highest BCUT2D eigenvalue weighted by atomic mass is 35.5. The van der Waals surface area contributed by atoms with E-state index in [1.165, 1.54) is 22.5 Å². The largest absolute Gasteiger partial charge is 0.351 e. The van der Waals surface area contributed by atoms with Crippen LogP contribution in [0.2, 0.25) is 10.0 Å². The van der Waals surface area contributed by atoms with Gasteiger partial charge >= 0.3 is 0 Å². The number of amides is 3. The molecule has 228 valence electrons. The predicted octanol–water partition coefficient (Wildman–Crippen LogP) is 3.89. The van der Waals surface area contributed by atoms with Gasteiger partial charge in [0.25, 0.3) is 5.91 Å². The van der Waals surface area contributed by atoms with Crippen molar-refractivity contribution in [3.63, 3.8) is 0 Å². The summed E-state index contributed by atoms with van der Waals surface area (Å²) in [5.74, 6) is -0.821. The first-order valence-corrected chi connectivity index (χ1v) is 16.4. The summed E-state index contributed by atoms with van der Waals surface area (Å²) in [7, 11) is -3.99. The fourth-order valence-electron chi connectivity index (χ4n) is 6.33. The summed E-state index contributed by atoms with van der Waals surface area (Å²) >= 11 is 12.1. The number of fused-ring (bicyclic) bond motifs is 3. The van der Waals surface area contributed by atoms with Crippen LogP contribution in [-0.4, -0.2) is 89.0 Å². The maximum absolute atomic E-state index is 13.9. The van der Waals surface area contributed by atoms with Gasteiger partial charge in [-0.15, -0.1) is 0 Å². The average molecular weight is 647 g/mol. The van der Waals surface area contributed by atoms with E-state index < -0.39 is 27.5 Å². The molecule has 3 aromatic rings. The Morgan fingerprint density at radius 1 is 1.00 bits per heavy atom. The first-order chi connectivity index (χ1) is 20.3. The number of benzene rings is 2. The molecule has 3 aliphatic rings. The topological polar surface area (TPSA) is 123 Å². The number of aromatic nitrogens is 1. The molecule has 43 heavy (non-hydrogen) atoms. The fraction of sp³-hybridized carbons (Fsp3) is 0.433. The number of H-pyrrole nitrogens is 1. The second kappa shape index (κ2) is 10.8. The highest BCUT2D eigenvalue weighted by Crippen LogP contribution is 2.37. The molecule has 10 nitrogen and oxygen atoms in total. The predicted molar refractivity (Wildman–Crippen MR) is 163 cm³/mol. The molecule has 6 rings (SSSR count). The fourth-order valence-corrected chi connectivity index (χ4v) is 8.70. The summed E-state index contributed by atoms with van der Waals surface area (Å²) in [5, 5.41) is 4.18. The lowest BCUT2D eigenvalue weighted by atomic mass is 9.85. The molecule has 0 aliphatic carbocycles. The Hall–Kier alpha value is -3.12. The normalized spacial score (nSPS) is 23.0. The van der Waals surface area contributed by atoms with E-state index in [0.29, 0.717) is 36.6 Å². The molecule has 2 aromatic carbocycles. The molecule has 1 unspecified atom stereocenters. The summed E-state index contributed by atoms with van der Waals surface area (Å²) < 4.78 is 27.8. The van der Waals surface area contributed by atoms with Crippen molar-refractivity contribution in [3.8, 4) is 0 Å². The Labute approximate surface area is 260 Å². The van der Waals surface area contributed by atoms with Gasteiger partial charge in [-0.25, -0.2) is 8.42 Å². The highest BCUT2D eigenvalue weighted by molar-refractivity contribution is 7.89. The van der Waals surface area contributed by atoms with Gasteiger partial charge in [-0.3, -0.25) is 14.4 Å². The molecule has 0 spiro atoms. The molecular formula is C30H33Cl2N5O5S. The van der Waals surface area contributed by atoms with Gasteiger partial charge < -0.3 is 20.1 Å². The Morgan fingerprint density at radius 3 is 2.30 bits per heavy atom. The standard InChI is InChI=1S/C30H33Cl2N5O5S/c1-30(2,3)26(34-27(38)23-12-17-6-4-5-7-22(17)33-23)29(40)36-16-19-14-20(36)15-35(19)28(39)24-10-11-37(24)43(41,42)25-9-8-18(31)13-21(25)32/h4-9,12-13,19-20,24,26,33H,10-11,14-16H2,1-3H3,(H,34,38)/t19-,20-,24+,26?/m0/s1. The molecule has 0 saturated carbocycles. The number of nitrogens with one attached hydrogen (secondary N) is 2. The van der Waals surface area contributed by atoms with Crippen molar-refractivity contribution in [1.82, 2.24) is 24.4 Å². The lowest BCUT2D eigenvalue weighted by Gasteiger charge is -2.44. The van der Waals surface area contributed by atoms with Crippen molar-refractivity contribution < 1.29 is 22.8 Å². The van der Waals surface area contributed by atoms with Crippen LogP contribution in [0.4, 0.5) is 0 Å². The number of para-hydroxylation sites is 1. The minimum atomic E-state index is -3.99. The quantitative estimate of drug-likeness (QED) is 0.421. The van der Waals surface area contributed by atoms with Gasteiger partial charge in [-0.05, 0) is 48.6 Å². The van der Waals surface area contributed by atoms with Gasteiger partial charge in [0.15, 0.2) is 0 Å². The molecule has 4 atom stereocenters. The van der Waals surface area contributed by atoms with E-state index in [1.807, 2.05) is 45.0 Å². The number of hydrogen-bond acceptors (Lipinski definition) is 5. The molecular weight excluding hydrogens is 613 g/mol. The highest BCUT2D eigenvalue weighted by Gasteiger charge is 2.53. The molecule has 4 heterocycles. The van der Waals surface area contributed by atoms with Crippen LogP contribution in [0.3, 0.4) is 0 Å². The molecule has 3 fully saturated rings. The van der Waals surface area contributed by atoms with E-state index in [0.717, 1.165) is 10.9 Å². The maximum atomic E-state index is 13.9. The van der Waals surface area contributed by atoms with Crippen molar-refractivity contribution in [3.05, 3.63) is 64.3 Å². The molecule has 2 N–H and O–H groups in total. The van der Waals surface area contributed by atoms with Crippen molar-refractivity contribution in [2.24, 2.45) is 5.41 Å². The number of carbonyl (C=O) groups is 3. The second-order valence-corrected chi connectivity index (χ2v) is 15.3. The first-order valence-electron chi connectivity index (χ1n) is 14.2. The molecule has 2 bridgehead atoms. The van der Waals surface area contributed by atoms with E-state index in [9.17, 15) is 22.8 Å². The Balaban J connectivity index is 1.13. The SMILES string of the molecule is CC(C)(C)C(NC(=O)c1cc2ccccc2[nH]1)C(=O)N1C[C@@H]2C[C@H]1CN2C(=O)[C@H]1CCN1S(=O)(=O)c1ccc(Cl)cc1Cl. The number of likely N-dealkylation sites (tertiary alicyclic amines) is 2. The number of nitrogens with zero attached hydrogens (tertiary/aromatic N) is 3. The first kappa shape index (κ1) is 29.9. The number of carbonyl (C=O) groups excluding carboxylic acids is 3. The summed E-state index contributed by atoms with van der Waals surface area (Å²) in [6.07, 6.45) is 1.01. The van der Waals surface area contributed by atoms with Crippen LogP contribution in [0.5, 0.6) is 0 Å². The lowest BCUT2D eigenvalue weighted by Crippen LogP contribution is -2.63. The van der Waals surface area contributed by atoms with E-state index >= 15 is 0 Å². The minimum Gasteiger partial charge on any atom is -0.351 e. The zero-order valence-corrected chi connectivity index (χ0v) is 26.3. The lowest BCUT2D eigenvalue weighted by molar-refractivity contribution is -0.146. The Bertz CT molecular complexity index is 1700. The third-order valence-corrected chi connectivity index (χ3v) is 11.3. The third-order valence-electron chi connectivity index (χ3n) is 8.71.